The fourth-order valence-corrected chi connectivity index (χ4v) is 4.98. The number of halogens is 3. The highest BCUT2D eigenvalue weighted by Gasteiger charge is 2.45. The van der Waals surface area contributed by atoms with Gasteiger partial charge in [0.05, 0.1) is 24.8 Å². The van der Waals surface area contributed by atoms with Gasteiger partial charge in [-0.1, -0.05) is 44.2 Å². The van der Waals surface area contributed by atoms with Crippen LogP contribution in [-0.4, -0.2) is 67.1 Å². The van der Waals surface area contributed by atoms with Crippen molar-refractivity contribution in [3.63, 3.8) is 0 Å². The van der Waals surface area contributed by atoms with E-state index in [-0.39, 0.29) is 28.9 Å². The van der Waals surface area contributed by atoms with Crippen LogP contribution in [0.4, 0.5) is 13.2 Å². The van der Waals surface area contributed by atoms with Gasteiger partial charge in [-0.25, -0.2) is 4.79 Å². The summed E-state index contributed by atoms with van der Waals surface area (Å²) in [5, 5.41) is 16.7. The van der Waals surface area contributed by atoms with Crippen molar-refractivity contribution in [1.82, 2.24) is 16.0 Å². The molecule has 53 heavy (non-hydrogen) atoms. The smallest absolute Gasteiger partial charge is 0.452 e. The zero-order valence-electron chi connectivity index (χ0n) is 30.0. The van der Waals surface area contributed by atoms with Crippen LogP contribution >= 0.6 is 0 Å². The molecule has 282 valence electrons. The highest BCUT2D eigenvalue weighted by molar-refractivity contribution is 5.99. The molecule has 3 rings (SSSR count). The highest BCUT2D eigenvalue weighted by Crippen LogP contribution is 2.24. The number of esters is 1. The van der Waals surface area contributed by atoms with Crippen molar-refractivity contribution in [2.24, 2.45) is 5.92 Å². The van der Waals surface area contributed by atoms with E-state index in [1.807, 2.05) is 6.07 Å². The van der Waals surface area contributed by atoms with Gasteiger partial charge < -0.3 is 30.2 Å². The third-order valence-corrected chi connectivity index (χ3v) is 7.51. The van der Waals surface area contributed by atoms with Crippen LogP contribution < -0.4 is 25.4 Å². The maximum absolute atomic E-state index is 14.0. The number of ether oxygens (including phenoxy) is 3. The second kappa shape index (κ2) is 18.0. The van der Waals surface area contributed by atoms with Gasteiger partial charge in [-0.3, -0.25) is 19.2 Å². The number of Topliss-reactive ketones (excluding diaryl/α,β-unsaturated/α-hetero) is 1. The molecule has 0 saturated carbocycles. The van der Waals surface area contributed by atoms with E-state index in [1.54, 1.807) is 32.9 Å². The molecule has 0 aromatic heterocycles. The van der Waals surface area contributed by atoms with Crippen molar-refractivity contribution in [1.29, 1.82) is 5.26 Å². The molecule has 3 amide bonds. The number of hydrogen-bond acceptors (Lipinski definition) is 9. The van der Waals surface area contributed by atoms with Crippen LogP contribution in [0.15, 0.2) is 72.8 Å². The van der Waals surface area contributed by atoms with Crippen LogP contribution in [0, 0.1) is 17.2 Å². The first-order valence-corrected chi connectivity index (χ1v) is 16.4. The summed E-state index contributed by atoms with van der Waals surface area (Å²) >= 11 is 0. The van der Waals surface area contributed by atoms with Crippen molar-refractivity contribution in [3.8, 4) is 17.6 Å². The van der Waals surface area contributed by atoms with Crippen molar-refractivity contribution in [2.45, 2.75) is 70.9 Å². The number of ketones is 1. The zero-order valence-corrected chi connectivity index (χ0v) is 30.0. The number of alkyl halides is 3. The molecule has 0 aliphatic rings. The minimum Gasteiger partial charge on any atom is -0.497 e. The standard InChI is InChI=1S/C38H41F3N4O8/c1-22(2)31(33(47)38(39,40)41)44-36(50)32(25-13-15-27(51-6)16-14-25)45-35(49)29(18-23-9-7-10-24(17-23)20-42)43-34(48)26-11-8-12-28(19-26)52-21-30(46)53-37(3,4)5/h7-17,19,22,29,31-32H,18,21H2,1-6H3,(H,43,48)(H,44,50)(H,45,49). The molecule has 0 saturated heterocycles. The molecule has 3 N–H and O–H groups in total. The minimum atomic E-state index is -5.24. The number of benzene rings is 3. The van der Waals surface area contributed by atoms with Crippen LogP contribution in [0.25, 0.3) is 0 Å². The molecule has 0 fully saturated rings. The first-order valence-electron chi connectivity index (χ1n) is 16.4. The van der Waals surface area contributed by atoms with Gasteiger partial charge in [0.25, 0.3) is 11.7 Å². The Kier molecular flexibility index (Phi) is 14.1. The molecular formula is C38H41F3N4O8. The molecule has 3 aromatic carbocycles. The lowest BCUT2D eigenvalue weighted by Crippen LogP contribution is -2.55. The number of nitrogens with one attached hydrogen (secondary N) is 3. The fourth-order valence-electron chi connectivity index (χ4n) is 4.98. The van der Waals surface area contributed by atoms with E-state index in [1.165, 1.54) is 81.6 Å². The highest BCUT2D eigenvalue weighted by atomic mass is 19.4. The van der Waals surface area contributed by atoms with Gasteiger partial charge >= 0.3 is 12.1 Å². The molecule has 3 aromatic rings. The quantitative estimate of drug-likeness (QED) is 0.186. The SMILES string of the molecule is COc1ccc(C(NC(=O)C(Cc2cccc(C#N)c2)NC(=O)c2cccc(OCC(=O)OC(C)(C)C)c2)C(=O)NC(C(=O)C(F)(F)F)C(C)C)cc1. The van der Waals surface area contributed by atoms with Gasteiger partial charge in [-0.2, -0.15) is 18.4 Å². The van der Waals surface area contributed by atoms with Gasteiger partial charge in [-0.15, -0.1) is 0 Å². The van der Waals surface area contributed by atoms with E-state index in [4.69, 9.17) is 14.2 Å². The number of rotatable bonds is 15. The number of hydrogen-bond donors (Lipinski definition) is 3. The van der Waals surface area contributed by atoms with E-state index < -0.39 is 71.9 Å². The molecule has 0 radical (unpaired) electrons. The monoisotopic (exact) mass is 738 g/mol. The topological polar surface area (TPSA) is 173 Å². The summed E-state index contributed by atoms with van der Waals surface area (Å²) in [6.45, 7) is 7.30. The fraction of sp³-hybridized carbons (Fsp3) is 0.368. The number of amides is 3. The van der Waals surface area contributed by atoms with Crippen LogP contribution in [-0.2, 0) is 30.3 Å². The number of methoxy groups -OCH3 is 1. The van der Waals surface area contributed by atoms with Crippen LogP contribution in [0.1, 0.15) is 67.7 Å². The summed E-state index contributed by atoms with van der Waals surface area (Å²) in [6.07, 6.45) is -5.42. The van der Waals surface area contributed by atoms with Crippen molar-refractivity contribution in [3.05, 3.63) is 95.1 Å². The Morgan fingerprint density at radius 3 is 2.08 bits per heavy atom. The van der Waals surface area contributed by atoms with E-state index in [0.29, 0.717) is 11.3 Å². The lowest BCUT2D eigenvalue weighted by atomic mass is 9.97. The Morgan fingerprint density at radius 2 is 1.49 bits per heavy atom. The molecule has 3 unspecified atom stereocenters. The average molecular weight is 739 g/mol. The maximum Gasteiger partial charge on any atom is 0.452 e. The molecule has 0 spiro atoms. The first-order chi connectivity index (χ1) is 24.8. The number of nitriles is 1. The maximum atomic E-state index is 14.0. The summed E-state index contributed by atoms with van der Waals surface area (Å²) < 4.78 is 56.2. The lowest BCUT2D eigenvalue weighted by molar-refractivity contribution is -0.175. The zero-order chi connectivity index (χ0) is 39.5. The lowest BCUT2D eigenvalue weighted by Gasteiger charge is -2.27. The third-order valence-electron chi connectivity index (χ3n) is 7.51. The normalized spacial score (nSPS) is 13.1. The molecule has 3 atom stereocenters. The predicted octanol–water partition coefficient (Wildman–Crippen LogP) is 4.76. The van der Waals surface area contributed by atoms with Gasteiger partial charge in [0.2, 0.25) is 11.8 Å². The predicted molar refractivity (Wildman–Crippen MR) is 186 cm³/mol. The van der Waals surface area contributed by atoms with Crippen molar-refractivity contribution >= 4 is 29.5 Å². The number of carbonyl (C=O) groups excluding carboxylic acids is 5. The summed E-state index contributed by atoms with van der Waals surface area (Å²) in [5.74, 6) is -6.04. The Hall–Kier alpha value is -5.91. The molecule has 0 aliphatic heterocycles. The summed E-state index contributed by atoms with van der Waals surface area (Å²) in [5.41, 5.74) is 0.149. The van der Waals surface area contributed by atoms with Gasteiger partial charge in [0.15, 0.2) is 6.61 Å². The van der Waals surface area contributed by atoms with E-state index in [0.717, 1.165) is 0 Å². The van der Waals surface area contributed by atoms with E-state index in [9.17, 15) is 42.4 Å². The largest absolute Gasteiger partial charge is 0.497 e. The van der Waals surface area contributed by atoms with Gasteiger partial charge in [0.1, 0.15) is 29.2 Å². The Morgan fingerprint density at radius 1 is 0.830 bits per heavy atom. The number of nitrogens with zero attached hydrogens (tertiary/aromatic N) is 1. The molecule has 0 aliphatic carbocycles. The van der Waals surface area contributed by atoms with E-state index in [2.05, 4.69) is 16.0 Å². The Labute approximate surface area is 305 Å². The molecular weight excluding hydrogens is 697 g/mol. The van der Waals surface area contributed by atoms with Gasteiger partial charge in [0, 0.05) is 12.0 Å². The third kappa shape index (κ3) is 12.7. The summed E-state index contributed by atoms with van der Waals surface area (Å²) in [6, 6.07) is 14.7. The molecule has 0 bridgehead atoms. The van der Waals surface area contributed by atoms with Crippen molar-refractivity contribution < 1.29 is 51.4 Å². The van der Waals surface area contributed by atoms with Crippen molar-refractivity contribution in [2.75, 3.05) is 13.7 Å². The van der Waals surface area contributed by atoms with E-state index >= 15 is 0 Å². The Balaban J connectivity index is 1.96. The summed E-state index contributed by atoms with van der Waals surface area (Å²) in [4.78, 5) is 65.6. The second-order valence-electron chi connectivity index (χ2n) is 13.3. The second-order valence-corrected chi connectivity index (χ2v) is 13.3. The number of carbonyl (C=O) groups is 5. The molecule has 15 heteroatoms. The average Bonchev–Trinajstić information content (AvgIpc) is 3.10. The first kappa shape index (κ1) is 41.5. The minimum absolute atomic E-state index is 0.0325. The van der Waals surface area contributed by atoms with Crippen LogP contribution in [0.3, 0.4) is 0 Å². The van der Waals surface area contributed by atoms with Gasteiger partial charge in [-0.05, 0) is 80.3 Å². The van der Waals surface area contributed by atoms with Crippen LogP contribution in [0.2, 0.25) is 0 Å². The summed E-state index contributed by atoms with van der Waals surface area (Å²) in [7, 11) is 1.40. The molecule has 12 nitrogen and oxygen atoms in total. The van der Waals surface area contributed by atoms with Crippen LogP contribution in [0.5, 0.6) is 11.5 Å². The molecule has 0 heterocycles. The Bertz CT molecular complexity index is 1830.